The molecule has 0 heterocycles. The summed E-state index contributed by atoms with van der Waals surface area (Å²) in [5.74, 6) is 0.115. The molecule has 0 aromatic heterocycles. The second-order valence-electron chi connectivity index (χ2n) is 6.10. The van der Waals surface area contributed by atoms with Crippen LogP contribution in [0.4, 0.5) is 0 Å². The van der Waals surface area contributed by atoms with E-state index in [0.29, 0.717) is 6.42 Å². The highest BCUT2D eigenvalue weighted by molar-refractivity contribution is 5.58. The van der Waals surface area contributed by atoms with Crippen LogP contribution in [0.5, 0.6) is 0 Å². The largest absolute Gasteiger partial charge is 0.393 e. The van der Waals surface area contributed by atoms with E-state index in [-0.39, 0.29) is 11.8 Å². The van der Waals surface area contributed by atoms with Gasteiger partial charge in [0.15, 0.2) is 0 Å². The lowest BCUT2D eigenvalue weighted by molar-refractivity contribution is 0.107. The van der Waals surface area contributed by atoms with Gasteiger partial charge in [-0.1, -0.05) is 66.7 Å². The number of aliphatic hydroxyl groups is 2. The fourth-order valence-electron chi connectivity index (χ4n) is 3.49. The van der Waals surface area contributed by atoms with Crippen LogP contribution >= 0.6 is 0 Å². The quantitative estimate of drug-likeness (QED) is 0.908. The van der Waals surface area contributed by atoms with E-state index in [1.54, 1.807) is 0 Å². The van der Waals surface area contributed by atoms with Crippen LogP contribution in [0.2, 0.25) is 0 Å². The van der Waals surface area contributed by atoms with Gasteiger partial charge in [0.2, 0.25) is 0 Å². The summed E-state index contributed by atoms with van der Waals surface area (Å²) in [7, 11) is 0. The van der Waals surface area contributed by atoms with Crippen molar-refractivity contribution in [1.29, 1.82) is 0 Å². The van der Waals surface area contributed by atoms with Crippen LogP contribution in [0.25, 0.3) is 6.08 Å². The lowest BCUT2D eigenvalue weighted by atomic mass is 9.83. The van der Waals surface area contributed by atoms with E-state index in [2.05, 4.69) is 18.2 Å². The Morgan fingerprint density at radius 3 is 2.18 bits per heavy atom. The summed E-state index contributed by atoms with van der Waals surface area (Å²) in [4.78, 5) is 0. The van der Waals surface area contributed by atoms with Crippen LogP contribution in [0, 0.1) is 5.92 Å². The first-order chi connectivity index (χ1) is 10.7. The summed E-state index contributed by atoms with van der Waals surface area (Å²) in [6, 6.07) is 20.2. The van der Waals surface area contributed by atoms with Gasteiger partial charge in [0.05, 0.1) is 12.2 Å². The number of benzene rings is 2. The maximum absolute atomic E-state index is 10.5. The van der Waals surface area contributed by atoms with Crippen LogP contribution in [0.3, 0.4) is 0 Å². The molecule has 0 aliphatic heterocycles. The molecule has 2 aromatic carbocycles. The number of hydrogen-bond donors (Lipinski definition) is 2. The Morgan fingerprint density at radius 2 is 1.59 bits per heavy atom. The summed E-state index contributed by atoms with van der Waals surface area (Å²) in [6.45, 7) is 1.82. The van der Waals surface area contributed by atoms with Crippen molar-refractivity contribution in [3.8, 4) is 0 Å². The molecule has 1 aliphatic rings. The van der Waals surface area contributed by atoms with Gasteiger partial charge in [-0.2, -0.15) is 0 Å². The first-order valence-corrected chi connectivity index (χ1v) is 7.84. The van der Waals surface area contributed by atoms with Crippen LogP contribution in [-0.2, 0) is 0 Å². The monoisotopic (exact) mass is 294 g/mol. The Morgan fingerprint density at radius 1 is 1.00 bits per heavy atom. The van der Waals surface area contributed by atoms with Crippen LogP contribution in [-0.4, -0.2) is 22.4 Å². The van der Waals surface area contributed by atoms with Gasteiger partial charge in [0, 0.05) is 5.92 Å². The molecule has 0 bridgehead atoms. The number of hydrogen-bond acceptors (Lipinski definition) is 2. The summed E-state index contributed by atoms with van der Waals surface area (Å²) < 4.78 is 0. The smallest absolute Gasteiger partial charge is 0.0763 e. The molecule has 2 N–H and O–H groups in total. The predicted octanol–water partition coefficient (Wildman–Crippen LogP) is 3.62. The standard InChI is InChI=1S/C20H22O2/c1-14(21)17-13-19(22)18(12-15-8-4-2-5-9-15)20(17)16-10-6-3-7-11-16/h2-12,14,17,19-22H,13H2,1H3/b18-12+/t14-,17-,19-,20+/m0/s1. The summed E-state index contributed by atoms with van der Waals surface area (Å²) in [6.07, 6.45) is 1.74. The van der Waals surface area contributed by atoms with Crippen molar-refractivity contribution in [1.82, 2.24) is 0 Å². The molecule has 0 amide bonds. The molecular weight excluding hydrogens is 272 g/mol. The second kappa shape index (κ2) is 6.47. The molecule has 0 radical (unpaired) electrons. The predicted molar refractivity (Wildman–Crippen MR) is 89.4 cm³/mol. The zero-order valence-corrected chi connectivity index (χ0v) is 12.8. The molecule has 0 saturated heterocycles. The van der Waals surface area contributed by atoms with Crippen molar-refractivity contribution in [3.63, 3.8) is 0 Å². The lowest BCUT2D eigenvalue weighted by Gasteiger charge is -2.23. The van der Waals surface area contributed by atoms with E-state index < -0.39 is 12.2 Å². The lowest BCUT2D eigenvalue weighted by Crippen LogP contribution is -2.20. The SMILES string of the molecule is C[C@H](O)[C@@H]1C[C@H](O)/C(=C\c2ccccc2)[C@@H]1c1ccccc1. The third-order valence-electron chi connectivity index (χ3n) is 4.58. The Labute approximate surface area is 131 Å². The average molecular weight is 294 g/mol. The third kappa shape index (κ3) is 2.99. The molecule has 3 rings (SSSR count). The molecule has 22 heavy (non-hydrogen) atoms. The van der Waals surface area contributed by atoms with Gasteiger partial charge < -0.3 is 10.2 Å². The Kier molecular flexibility index (Phi) is 4.41. The molecule has 1 aliphatic carbocycles. The van der Waals surface area contributed by atoms with E-state index in [0.717, 1.165) is 16.7 Å². The van der Waals surface area contributed by atoms with E-state index in [1.165, 1.54) is 0 Å². The van der Waals surface area contributed by atoms with Gasteiger partial charge in [0.25, 0.3) is 0 Å². The van der Waals surface area contributed by atoms with Crippen molar-refractivity contribution in [3.05, 3.63) is 77.4 Å². The van der Waals surface area contributed by atoms with Crippen LogP contribution < -0.4 is 0 Å². The molecule has 1 saturated carbocycles. The van der Waals surface area contributed by atoms with Gasteiger partial charge in [-0.15, -0.1) is 0 Å². The molecule has 114 valence electrons. The van der Waals surface area contributed by atoms with E-state index in [4.69, 9.17) is 0 Å². The first kappa shape index (κ1) is 15.0. The first-order valence-electron chi connectivity index (χ1n) is 7.84. The molecule has 0 spiro atoms. The molecule has 4 atom stereocenters. The fourth-order valence-corrected chi connectivity index (χ4v) is 3.49. The van der Waals surface area contributed by atoms with Gasteiger partial charge in [-0.05, 0) is 36.0 Å². The van der Waals surface area contributed by atoms with Gasteiger partial charge in [-0.25, -0.2) is 0 Å². The van der Waals surface area contributed by atoms with Crippen molar-refractivity contribution in [2.24, 2.45) is 5.92 Å². The molecule has 0 unspecified atom stereocenters. The molecule has 2 nitrogen and oxygen atoms in total. The number of rotatable bonds is 3. The van der Waals surface area contributed by atoms with E-state index >= 15 is 0 Å². The van der Waals surface area contributed by atoms with Gasteiger partial charge in [0.1, 0.15) is 0 Å². The third-order valence-corrected chi connectivity index (χ3v) is 4.58. The Bertz CT molecular complexity index is 631. The van der Waals surface area contributed by atoms with Crippen LogP contribution in [0.1, 0.15) is 30.4 Å². The minimum absolute atomic E-state index is 0.0485. The zero-order chi connectivity index (χ0) is 15.5. The molecular formula is C20H22O2. The highest BCUT2D eigenvalue weighted by Gasteiger charge is 2.40. The van der Waals surface area contributed by atoms with Gasteiger partial charge in [-0.3, -0.25) is 0 Å². The topological polar surface area (TPSA) is 40.5 Å². The molecule has 1 fully saturated rings. The minimum atomic E-state index is -0.495. The van der Waals surface area contributed by atoms with Crippen molar-refractivity contribution < 1.29 is 10.2 Å². The second-order valence-corrected chi connectivity index (χ2v) is 6.10. The molecule has 2 heteroatoms. The Hall–Kier alpha value is -1.90. The van der Waals surface area contributed by atoms with E-state index in [1.807, 2.05) is 55.5 Å². The summed E-state index contributed by atoms with van der Waals surface area (Å²) in [5.41, 5.74) is 3.25. The van der Waals surface area contributed by atoms with Crippen LogP contribution in [0.15, 0.2) is 66.2 Å². The zero-order valence-electron chi connectivity index (χ0n) is 12.8. The van der Waals surface area contributed by atoms with Crippen molar-refractivity contribution in [2.45, 2.75) is 31.5 Å². The maximum Gasteiger partial charge on any atom is 0.0763 e. The maximum atomic E-state index is 10.5. The van der Waals surface area contributed by atoms with Gasteiger partial charge >= 0.3 is 0 Å². The number of aliphatic hydroxyl groups excluding tert-OH is 2. The minimum Gasteiger partial charge on any atom is -0.393 e. The summed E-state index contributed by atoms with van der Waals surface area (Å²) >= 11 is 0. The molecule has 2 aromatic rings. The highest BCUT2D eigenvalue weighted by Crippen LogP contribution is 2.46. The van der Waals surface area contributed by atoms with Crippen molar-refractivity contribution >= 4 is 6.08 Å². The fraction of sp³-hybridized carbons (Fsp3) is 0.300. The summed E-state index contributed by atoms with van der Waals surface area (Å²) in [5, 5.41) is 20.7. The van der Waals surface area contributed by atoms with E-state index in [9.17, 15) is 10.2 Å². The Balaban J connectivity index is 2.04. The normalized spacial score (nSPS) is 28.0. The highest BCUT2D eigenvalue weighted by atomic mass is 16.3. The average Bonchev–Trinajstić information content (AvgIpc) is 2.86. The van der Waals surface area contributed by atoms with Crippen molar-refractivity contribution in [2.75, 3.05) is 0 Å².